The molecule has 0 unspecified atom stereocenters. The van der Waals surface area contributed by atoms with Crippen molar-refractivity contribution < 1.29 is 23.1 Å². The minimum absolute atomic E-state index is 0.176. The van der Waals surface area contributed by atoms with Gasteiger partial charge in [-0.05, 0) is 49.6 Å². The van der Waals surface area contributed by atoms with Crippen molar-refractivity contribution in [2.75, 3.05) is 7.11 Å². The van der Waals surface area contributed by atoms with Gasteiger partial charge in [0.25, 0.3) is 0 Å². The number of carbonyl (C=O) groups excluding carboxylic acids is 1. The SMILES string of the molecule is COC(=O)c1ccc(COc2ccc3oc4c(c3c2)CCCC4)o1. The summed E-state index contributed by atoms with van der Waals surface area (Å²) < 4.78 is 21.7. The molecule has 2 heterocycles. The first-order chi connectivity index (χ1) is 11.7. The summed E-state index contributed by atoms with van der Waals surface area (Å²) in [6.45, 7) is 0.253. The molecule has 1 aliphatic carbocycles. The average Bonchev–Trinajstić information content (AvgIpc) is 3.23. The standard InChI is InChI=1S/C19H18O5/c1-21-19(20)18-9-7-13(23-18)11-22-12-6-8-17-15(10-12)14-4-2-3-5-16(14)24-17/h6-10H,2-5,11H2,1H3. The van der Waals surface area contributed by atoms with Gasteiger partial charge in [0.15, 0.2) is 0 Å². The van der Waals surface area contributed by atoms with E-state index in [2.05, 4.69) is 4.74 Å². The minimum Gasteiger partial charge on any atom is -0.486 e. The summed E-state index contributed by atoms with van der Waals surface area (Å²) in [5.74, 6) is 2.13. The first kappa shape index (κ1) is 14.9. The van der Waals surface area contributed by atoms with Crippen molar-refractivity contribution >= 4 is 16.9 Å². The van der Waals surface area contributed by atoms with E-state index < -0.39 is 5.97 Å². The number of aryl methyl sites for hydroxylation is 2. The number of hydrogen-bond acceptors (Lipinski definition) is 5. The molecule has 24 heavy (non-hydrogen) atoms. The van der Waals surface area contributed by atoms with E-state index >= 15 is 0 Å². The van der Waals surface area contributed by atoms with Crippen LogP contribution in [-0.2, 0) is 24.2 Å². The van der Waals surface area contributed by atoms with Crippen LogP contribution in [0.5, 0.6) is 5.75 Å². The third-order valence-corrected chi connectivity index (χ3v) is 4.36. The van der Waals surface area contributed by atoms with Crippen LogP contribution in [0.25, 0.3) is 11.0 Å². The van der Waals surface area contributed by atoms with Crippen LogP contribution in [0.4, 0.5) is 0 Å². The van der Waals surface area contributed by atoms with Crippen LogP contribution < -0.4 is 4.74 Å². The fraction of sp³-hybridized carbons (Fsp3) is 0.316. The summed E-state index contributed by atoms with van der Waals surface area (Å²) in [6, 6.07) is 9.16. The molecular weight excluding hydrogens is 308 g/mol. The van der Waals surface area contributed by atoms with E-state index in [9.17, 15) is 4.79 Å². The number of benzene rings is 1. The minimum atomic E-state index is -0.493. The highest BCUT2D eigenvalue weighted by Gasteiger charge is 2.18. The molecule has 1 aliphatic rings. The molecule has 0 atom stereocenters. The molecule has 0 saturated carbocycles. The number of fused-ring (bicyclic) bond motifs is 3. The Morgan fingerprint density at radius 1 is 1.12 bits per heavy atom. The zero-order valence-electron chi connectivity index (χ0n) is 13.5. The van der Waals surface area contributed by atoms with E-state index in [0.717, 1.165) is 35.3 Å². The van der Waals surface area contributed by atoms with Gasteiger partial charge in [-0.1, -0.05) is 0 Å². The second kappa shape index (κ2) is 6.07. The van der Waals surface area contributed by atoms with Gasteiger partial charge < -0.3 is 18.3 Å². The fourth-order valence-corrected chi connectivity index (χ4v) is 3.15. The lowest BCUT2D eigenvalue weighted by Crippen LogP contribution is -1.99. The molecule has 1 aromatic carbocycles. The second-order valence-corrected chi connectivity index (χ2v) is 5.92. The number of carbonyl (C=O) groups is 1. The van der Waals surface area contributed by atoms with Crippen LogP contribution in [-0.4, -0.2) is 13.1 Å². The van der Waals surface area contributed by atoms with Crippen LogP contribution in [0.15, 0.2) is 39.2 Å². The molecule has 0 N–H and O–H groups in total. The Morgan fingerprint density at radius 2 is 2.00 bits per heavy atom. The Kier molecular flexibility index (Phi) is 3.76. The van der Waals surface area contributed by atoms with E-state index in [0.29, 0.717) is 5.76 Å². The van der Waals surface area contributed by atoms with Crippen LogP contribution >= 0.6 is 0 Å². The summed E-state index contributed by atoms with van der Waals surface area (Å²) in [6.07, 6.45) is 4.47. The molecule has 0 aliphatic heterocycles. The maximum Gasteiger partial charge on any atom is 0.373 e. The highest BCUT2D eigenvalue weighted by Crippen LogP contribution is 2.34. The zero-order chi connectivity index (χ0) is 16.5. The van der Waals surface area contributed by atoms with Crippen molar-refractivity contribution in [2.45, 2.75) is 32.3 Å². The third-order valence-electron chi connectivity index (χ3n) is 4.36. The molecular formula is C19H18O5. The normalized spacial score (nSPS) is 13.7. The van der Waals surface area contributed by atoms with Crippen molar-refractivity contribution in [2.24, 2.45) is 0 Å². The molecule has 5 nitrogen and oxygen atoms in total. The number of hydrogen-bond donors (Lipinski definition) is 0. The lowest BCUT2D eigenvalue weighted by molar-refractivity contribution is 0.0561. The average molecular weight is 326 g/mol. The Labute approximate surface area is 139 Å². The van der Waals surface area contributed by atoms with Crippen molar-refractivity contribution in [1.29, 1.82) is 0 Å². The quantitative estimate of drug-likeness (QED) is 0.670. The molecule has 0 radical (unpaired) electrons. The van der Waals surface area contributed by atoms with Gasteiger partial charge in [0, 0.05) is 17.4 Å². The summed E-state index contributed by atoms with van der Waals surface area (Å²) in [4.78, 5) is 11.4. The molecule has 0 bridgehead atoms. The fourth-order valence-electron chi connectivity index (χ4n) is 3.15. The lowest BCUT2D eigenvalue weighted by Gasteiger charge is -2.09. The van der Waals surface area contributed by atoms with Crippen LogP contribution in [0.2, 0.25) is 0 Å². The van der Waals surface area contributed by atoms with Crippen molar-refractivity contribution in [3.63, 3.8) is 0 Å². The van der Waals surface area contributed by atoms with Crippen LogP contribution in [0.1, 0.15) is 40.5 Å². The van der Waals surface area contributed by atoms with Crippen LogP contribution in [0, 0.1) is 0 Å². The first-order valence-electron chi connectivity index (χ1n) is 8.09. The largest absolute Gasteiger partial charge is 0.486 e. The number of ether oxygens (including phenoxy) is 2. The number of esters is 1. The van der Waals surface area contributed by atoms with Gasteiger partial charge in [-0.25, -0.2) is 4.79 Å². The van der Waals surface area contributed by atoms with E-state index in [4.69, 9.17) is 13.6 Å². The summed E-state index contributed by atoms with van der Waals surface area (Å²) in [5.41, 5.74) is 2.23. The number of furan rings is 2. The highest BCUT2D eigenvalue weighted by molar-refractivity contribution is 5.86. The highest BCUT2D eigenvalue weighted by atomic mass is 16.5. The van der Waals surface area contributed by atoms with E-state index in [1.54, 1.807) is 12.1 Å². The Morgan fingerprint density at radius 3 is 2.88 bits per heavy atom. The topological polar surface area (TPSA) is 61.8 Å². The predicted molar refractivity (Wildman–Crippen MR) is 87.2 cm³/mol. The molecule has 2 aromatic heterocycles. The van der Waals surface area contributed by atoms with Crippen molar-refractivity contribution in [1.82, 2.24) is 0 Å². The van der Waals surface area contributed by atoms with Gasteiger partial charge >= 0.3 is 5.97 Å². The van der Waals surface area contributed by atoms with Gasteiger partial charge in [0.2, 0.25) is 5.76 Å². The first-order valence-corrected chi connectivity index (χ1v) is 8.09. The predicted octanol–water partition coefficient (Wildman–Crippen LogP) is 4.27. The Hall–Kier alpha value is -2.69. The van der Waals surface area contributed by atoms with Gasteiger partial charge in [0.1, 0.15) is 29.5 Å². The van der Waals surface area contributed by atoms with Gasteiger partial charge in [-0.15, -0.1) is 0 Å². The molecule has 4 rings (SSSR count). The van der Waals surface area contributed by atoms with E-state index in [1.807, 2.05) is 18.2 Å². The molecule has 0 spiro atoms. The molecule has 0 saturated heterocycles. The smallest absolute Gasteiger partial charge is 0.373 e. The van der Waals surface area contributed by atoms with Gasteiger partial charge in [-0.2, -0.15) is 0 Å². The molecule has 5 heteroatoms. The van der Waals surface area contributed by atoms with Crippen LogP contribution in [0.3, 0.4) is 0 Å². The molecule has 3 aromatic rings. The summed E-state index contributed by atoms with van der Waals surface area (Å²) >= 11 is 0. The zero-order valence-corrected chi connectivity index (χ0v) is 13.5. The Balaban J connectivity index is 1.52. The van der Waals surface area contributed by atoms with E-state index in [1.165, 1.54) is 25.5 Å². The van der Waals surface area contributed by atoms with Gasteiger partial charge in [0.05, 0.1) is 7.11 Å². The lowest BCUT2D eigenvalue weighted by atomic mass is 9.96. The van der Waals surface area contributed by atoms with Crippen molar-refractivity contribution in [3.05, 3.63) is 53.2 Å². The number of methoxy groups -OCH3 is 1. The Bertz CT molecular complexity index is 886. The molecule has 124 valence electrons. The van der Waals surface area contributed by atoms with Crippen molar-refractivity contribution in [3.8, 4) is 5.75 Å². The monoisotopic (exact) mass is 326 g/mol. The van der Waals surface area contributed by atoms with Gasteiger partial charge in [-0.3, -0.25) is 0 Å². The maximum atomic E-state index is 11.4. The number of rotatable bonds is 4. The maximum absolute atomic E-state index is 11.4. The third kappa shape index (κ3) is 2.66. The summed E-state index contributed by atoms with van der Waals surface area (Å²) in [7, 11) is 1.32. The molecule has 0 fully saturated rings. The molecule has 0 amide bonds. The van der Waals surface area contributed by atoms with E-state index in [-0.39, 0.29) is 12.4 Å². The second-order valence-electron chi connectivity index (χ2n) is 5.92. The summed E-state index contributed by atoms with van der Waals surface area (Å²) in [5, 5.41) is 1.14.